The summed E-state index contributed by atoms with van der Waals surface area (Å²) in [6.45, 7) is 11.1. The first kappa shape index (κ1) is 14.2. The number of nitrogens with zero attached hydrogens (tertiary/aromatic N) is 1. The van der Waals surface area contributed by atoms with Crippen molar-refractivity contribution in [3.05, 3.63) is 0 Å². The van der Waals surface area contributed by atoms with Gasteiger partial charge >= 0.3 is 0 Å². The molecule has 0 amide bonds. The predicted octanol–water partition coefficient (Wildman–Crippen LogP) is 3.09. The Balaban J connectivity index is 2.39. The topological polar surface area (TPSA) is 23.5 Å². The van der Waals surface area contributed by atoms with Gasteiger partial charge in [0.05, 0.1) is 0 Å². The maximum absolute atomic E-state index is 10.3. The summed E-state index contributed by atoms with van der Waals surface area (Å²) in [5.41, 5.74) is 0. The highest BCUT2D eigenvalue weighted by Crippen LogP contribution is 2.41. The second kappa shape index (κ2) is 5.19. The summed E-state index contributed by atoms with van der Waals surface area (Å²) in [4.78, 5) is 12.7. The maximum Gasteiger partial charge on any atom is 0.188 e. The van der Waals surface area contributed by atoms with Gasteiger partial charge in [-0.3, -0.25) is 0 Å². The molecule has 0 saturated carbocycles. The molecule has 16 heavy (non-hydrogen) atoms. The third-order valence-corrected chi connectivity index (χ3v) is 8.12. The van der Waals surface area contributed by atoms with E-state index in [1.54, 1.807) is 0 Å². The van der Waals surface area contributed by atoms with Gasteiger partial charge in [-0.1, -0.05) is 13.8 Å². The molecule has 1 aliphatic rings. The summed E-state index contributed by atoms with van der Waals surface area (Å²) in [6, 6.07) is 0. The van der Waals surface area contributed by atoms with E-state index >= 15 is 0 Å². The van der Waals surface area contributed by atoms with Crippen molar-refractivity contribution in [2.75, 3.05) is 20.1 Å². The molecule has 0 aromatic carbocycles. The zero-order valence-corrected chi connectivity index (χ0v) is 12.7. The van der Waals surface area contributed by atoms with Gasteiger partial charge in [0.1, 0.15) is 0 Å². The average Bonchev–Trinajstić information content (AvgIpc) is 2.13. The molecule has 0 bridgehead atoms. The van der Waals surface area contributed by atoms with Crippen LogP contribution in [0.3, 0.4) is 0 Å². The van der Waals surface area contributed by atoms with Crippen LogP contribution >= 0.6 is 0 Å². The van der Waals surface area contributed by atoms with Crippen molar-refractivity contribution in [3.63, 3.8) is 0 Å². The van der Waals surface area contributed by atoms with Crippen molar-refractivity contribution in [1.82, 2.24) is 4.90 Å². The normalized spacial score (nSPS) is 24.8. The molecule has 0 aromatic heterocycles. The highest BCUT2D eigenvalue weighted by Gasteiger charge is 2.38. The van der Waals surface area contributed by atoms with E-state index in [1.807, 2.05) is 0 Å². The summed E-state index contributed by atoms with van der Waals surface area (Å²) >= 11 is 0. The molecule has 0 aromatic rings. The van der Waals surface area contributed by atoms with Crippen molar-refractivity contribution in [2.24, 2.45) is 5.92 Å². The van der Waals surface area contributed by atoms with Crippen LogP contribution in [0, 0.1) is 5.92 Å². The molecule has 1 atom stereocenters. The number of rotatable bonds is 4. The minimum atomic E-state index is -2.00. The molecule has 1 fully saturated rings. The van der Waals surface area contributed by atoms with Gasteiger partial charge in [-0.25, -0.2) is 0 Å². The molecule has 1 unspecified atom stereocenters. The molecule has 0 spiro atoms. The number of piperidine rings is 1. The third kappa shape index (κ3) is 3.86. The lowest BCUT2D eigenvalue weighted by atomic mass is 9.90. The second-order valence-corrected chi connectivity index (χ2v) is 11.2. The van der Waals surface area contributed by atoms with Crippen LogP contribution in [0.4, 0.5) is 0 Å². The van der Waals surface area contributed by atoms with Gasteiger partial charge in [-0.15, -0.1) is 0 Å². The summed E-state index contributed by atoms with van der Waals surface area (Å²) in [7, 11) is 0.224. The van der Waals surface area contributed by atoms with Crippen LogP contribution in [0.2, 0.25) is 18.1 Å². The van der Waals surface area contributed by atoms with Gasteiger partial charge in [0.2, 0.25) is 0 Å². The minimum Gasteiger partial charge on any atom is -0.432 e. The van der Waals surface area contributed by atoms with Crippen LogP contribution in [-0.2, 0) is 0 Å². The SMILES string of the molecule is CN1CCCC(CCC(C)(C)[Si](C)(C)O)C1. The van der Waals surface area contributed by atoms with Crippen LogP contribution < -0.4 is 0 Å². The van der Waals surface area contributed by atoms with Crippen LogP contribution in [0.15, 0.2) is 0 Å². The molecule has 1 saturated heterocycles. The molecule has 1 rings (SSSR count). The molecule has 2 nitrogen and oxygen atoms in total. The van der Waals surface area contributed by atoms with Crippen LogP contribution in [0.25, 0.3) is 0 Å². The Labute approximate surface area is 102 Å². The van der Waals surface area contributed by atoms with E-state index in [-0.39, 0.29) is 5.04 Å². The predicted molar refractivity (Wildman–Crippen MR) is 73.2 cm³/mol. The fraction of sp³-hybridized carbons (Fsp3) is 1.00. The molecule has 96 valence electrons. The summed E-state index contributed by atoms with van der Waals surface area (Å²) < 4.78 is 0. The highest BCUT2D eigenvalue weighted by molar-refractivity contribution is 6.72. The first-order valence-electron chi connectivity index (χ1n) is 6.63. The van der Waals surface area contributed by atoms with Gasteiger partial charge in [0.15, 0.2) is 8.32 Å². The van der Waals surface area contributed by atoms with Gasteiger partial charge in [-0.2, -0.15) is 0 Å². The molecule has 1 heterocycles. The lowest BCUT2D eigenvalue weighted by molar-refractivity contribution is 0.195. The first-order valence-corrected chi connectivity index (χ1v) is 9.58. The first-order chi connectivity index (χ1) is 7.22. The fourth-order valence-corrected chi connectivity index (χ4v) is 3.14. The lowest BCUT2D eigenvalue weighted by Crippen LogP contribution is -2.40. The molecule has 1 N–H and O–H groups in total. The van der Waals surface area contributed by atoms with E-state index in [0.29, 0.717) is 0 Å². The number of hydrogen-bond acceptors (Lipinski definition) is 2. The van der Waals surface area contributed by atoms with E-state index in [2.05, 4.69) is 38.9 Å². The minimum absolute atomic E-state index is 0.156. The third-order valence-electron chi connectivity index (χ3n) is 4.56. The van der Waals surface area contributed by atoms with E-state index in [1.165, 1.54) is 38.8 Å². The standard InChI is InChI=1S/C13H29NOSi/c1-13(2,16(4,5)15)9-8-12-7-6-10-14(3)11-12/h12,15H,6-11H2,1-5H3. The summed E-state index contributed by atoms with van der Waals surface area (Å²) in [6.07, 6.45) is 5.20. The van der Waals surface area contributed by atoms with E-state index in [4.69, 9.17) is 0 Å². The van der Waals surface area contributed by atoms with Crippen molar-refractivity contribution < 1.29 is 4.80 Å². The average molecular weight is 243 g/mol. The lowest BCUT2D eigenvalue weighted by Gasteiger charge is -2.37. The van der Waals surface area contributed by atoms with Crippen molar-refractivity contribution in [2.45, 2.75) is 57.7 Å². The smallest absolute Gasteiger partial charge is 0.188 e. The number of hydrogen-bond donors (Lipinski definition) is 1. The zero-order chi connectivity index (χ0) is 12.4. The Morgan fingerprint density at radius 2 is 2.00 bits per heavy atom. The van der Waals surface area contributed by atoms with Crippen molar-refractivity contribution in [3.8, 4) is 0 Å². The molecule has 3 heteroatoms. The van der Waals surface area contributed by atoms with Crippen molar-refractivity contribution >= 4 is 8.32 Å². The molecule has 0 aliphatic carbocycles. The quantitative estimate of drug-likeness (QED) is 0.767. The van der Waals surface area contributed by atoms with Gasteiger partial charge < -0.3 is 9.70 Å². The summed E-state index contributed by atoms with van der Waals surface area (Å²) in [5.74, 6) is 0.856. The molecule has 1 aliphatic heterocycles. The largest absolute Gasteiger partial charge is 0.432 e. The van der Waals surface area contributed by atoms with Gasteiger partial charge in [-0.05, 0) is 63.3 Å². The highest BCUT2D eigenvalue weighted by atomic mass is 28.4. The Kier molecular flexibility index (Phi) is 4.61. The monoisotopic (exact) mass is 243 g/mol. The Morgan fingerprint density at radius 3 is 2.50 bits per heavy atom. The van der Waals surface area contributed by atoms with E-state index in [0.717, 1.165) is 5.92 Å². The zero-order valence-electron chi connectivity index (χ0n) is 11.7. The van der Waals surface area contributed by atoms with E-state index < -0.39 is 8.32 Å². The maximum atomic E-state index is 10.3. The molecular formula is C13H29NOSi. The van der Waals surface area contributed by atoms with Gasteiger partial charge in [0, 0.05) is 6.54 Å². The van der Waals surface area contributed by atoms with E-state index in [9.17, 15) is 4.80 Å². The van der Waals surface area contributed by atoms with Crippen LogP contribution in [0.1, 0.15) is 39.5 Å². The Hall–Kier alpha value is 0.137. The van der Waals surface area contributed by atoms with Crippen molar-refractivity contribution in [1.29, 1.82) is 0 Å². The second-order valence-electron chi connectivity index (χ2n) is 6.75. The molecule has 0 radical (unpaired) electrons. The summed E-state index contributed by atoms with van der Waals surface area (Å²) in [5, 5.41) is 0.156. The fourth-order valence-electron chi connectivity index (χ4n) is 2.38. The Bertz CT molecular complexity index is 222. The van der Waals surface area contributed by atoms with Gasteiger partial charge in [0.25, 0.3) is 0 Å². The van der Waals surface area contributed by atoms with Crippen LogP contribution in [-0.4, -0.2) is 38.2 Å². The Morgan fingerprint density at radius 1 is 1.38 bits per heavy atom. The molecular weight excluding hydrogens is 214 g/mol. The van der Waals surface area contributed by atoms with Crippen LogP contribution in [0.5, 0.6) is 0 Å². The number of likely N-dealkylation sites (tertiary alicyclic amines) is 1.